The molecule has 0 saturated carbocycles. The molecular formula is C14H17N5O. The fourth-order valence-electron chi connectivity index (χ4n) is 2.19. The molecule has 0 aliphatic carbocycles. The summed E-state index contributed by atoms with van der Waals surface area (Å²) in [6, 6.07) is 3.89. The predicted octanol–water partition coefficient (Wildman–Crippen LogP) is 2.63. The van der Waals surface area contributed by atoms with Gasteiger partial charge in [-0.3, -0.25) is 9.78 Å². The van der Waals surface area contributed by atoms with Gasteiger partial charge in [-0.15, -0.1) is 0 Å². The molecule has 0 aromatic carbocycles. The lowest BCUT2D eigenvalue weighted by Gasteiger charge is -2.04. The molecule has 0 fully saturated rings. The first-order valence-electron chi connectivity index (χ1n) is 6.46. The second-order valence-corrected chi connectivity index (χ2v) is 4.84. The van der Waals surface area contributed by atoms with Crippen molar-refractivity contribution in [2.24, 2.45) is 7.05 Å². The van der Waals surface area contributed by atoms with Crippen molar-refractivity contribution in [1.82, 2.24) is 20.0 Å². The number of nitrogens with zero attached hydrogens (tertiary/aromatic N) is 3. The average molecular weight is 271 g/mol. The summed E-state index contributed by atoms with van der Waals surface area (Å²) in [5.41, 5.74) is 3.97. The minimum atomic E-state index is 0.665. The molecule has 3 rings (SSSR count). The van der Waals surface area contributed by atoms with Crippen LogP contribution in [-0.4, -0.2) is 20.0 Å². The van der Waals surface area contributed by atoms with E-state index in [1.165, 1.54) is 0 Å². The molecule has 3 heterocycles. The van der Waals surface area contributed by atoms with Crippen LogP contribution in [0.1, 0.15) is 17.0 Å². The van der Waals surface area contributed by atoms with Crippen LogP contribution in [0.3, 0.4) is 0 Å². The summed E-state index contributed by atoms with van der Waals surface area (Å²) in [6.07, 6.45) is 3.78. The van der Waals surface area contributed by atoms with Gasteiger partial charge in [0.15, 0.2) is 5.76 Å². The van der Waals surface area contributed by atoms with Gasteiger partial charge in [-0.1, -0.05) is 0 Å². The average Bonchev–Trinajstić information content (AvgIpc) is 3.07. The number of aromatic amines is 1. The summed E-state index contributed by atoms with van der Waals surface area (Å²) in [6.45, 7) is 4.57. The lowest BCUT2D eigenvalue weighted by atomic mass is 10.2. The monoisotopic (exact) mass is 271 g/mol. The Morgan fingerprint density at radius 2 is 2.20 bits per heavy atom. The molecule has 0 aliphatic rings. The van der Waals surface area contributed by atoms with Gasteiger partial charge in [-0.25, -0.2) is 0 Å². The van der Waals surface area contributed by atoms with Crippen LogP contribution in [0.4, 0.5) is 5.69 Å². The Morgan fingerprint density at radius 1 is 1.35 bits per heavy atom. The molecule has 0 atom stereocenters. The molecule has 0 amide bonds. The zero-order chi connectivity index (χ0) is 14.1. The van der Waals surface area contributed by atoms with Crippen LogP contribution in [0.5, 0.6) is 0 Å². The molecule has 104 valence electrons. The first-order chi connectivity index (χ1) is 9.63. The van der Waals surface area contributed by atoms with Crippen LogP contribution in [0.2, 0.25) is 0 Å². The number of hydrogen-bond acceptors (Lipinski definition) is 4. The summed E-state index contributed by atoms with van der Waals surface area (Å²) in [7, 11) is 1.91. The standard InChI is InChI=1S/C14H17N5O/c1-9-4-5-13(20-9)14-11(7-16-17-14)6-15-12-8-19(3)18-10(12)2/h4-5,7-8,15H,6H2,1-3H3,(H,16,17). The van der Waals surface area contributed by atoms with Crippen molar-refractivity contribution < 1.29 is 4.42 Å². The molecule has 3 aromatic heterocycles. The summed E-state index contributed by atoms with van der Waals surface area (Å²) < 4.78 is 7.43. The molecule has 0 saturated heterocycles. The minimum absolute atomic E-state index is 0.665. The maximum Gasteiger partial charge on any atom is 0.152 e. The lowest BCUT2D eigenvalue weighted by molar-refractivity contribution is 0.545. The molecule has 0 aliphatic heterocycles. The van der Waals surface area contributed by atoms with E-state index in [9.17, 15) is 0 Å². The van der Waals surface area contributed by atoms with Crippen LogP contribution in [-0.2, 0) is 13.6 Å². The number of aryl methyl sites for hydroxylation is 3. The Morgan fingerprint density at radius 3 is 2.85 bits per heavy atom. The van der Waals surface area contributed by atoms with Crippen LogP contribution >= 0.6 is 0 Å². The second kappa shape index (κ2) is 4.88. The molecule has 3 aromatic rings. The highest BCUT2D eigenvalue weighted by molar-refractivity contribution is 5.58. The van der Waals surface area contributed by atoms with Crippen molar-refractivity contribution in [3.8, 4) is 11.5 Å². The first-order valence-corrected chi connectivity index (χ1v) is 6.46. The highest BCUT2D eigenvalue weighted by atomic mass is 16.3. The van der Waals surface area contributed by atoms with E-state index in [2.05, 4.69) is 20.6 Å². The lowest BCUT2D eigenvalue weighted by Crippen LogP contribution is -2.00. The molecule has 6 heteroatoms. The van der Waals surface area contributed by atoms with Crippen molar-refractivity contribution in [2.75, 3.05) is 5.32 Å². The van der Waals surface area contributed by atoms with E-state index in [0.29, 0.717) is 6.54 Å². The van der Waals surface area contributed by atoms with Gasteiger partial charge in [0.25, 0.3) is 0 Å². The van der Waals surface area contributed by atoms with E-state index in [-0.39, 0.29) is 0 Å². The molecule has 2 N–H and O–H groups in total. The maximum atomic E-state index is 5.63. The molecule has 6 nitrogen and oxygen atoms in total. The SMILES string of the molecule is Cc1ccc(-c2[nH]ncc2CNc2cn(C)nc2C)o1. The van der Waals surface area contributed by atoms with Gasteiger partial charge >= 0.3 is 0 Å². The minimum Gasteiger partial charge on any atom is -0.460 e. The van der Waals surface area contributed by atoms with E-state index in [1.807, 2.05) is 45.4 Å². The third-order valence-corrected chi connectivity index (χ3v) is 3.19. The maximum absolute atomic E-state index is 5.63. The zero-order valence-corrected chi connectivity index (χ0v) is 11.8. The van der Waals surface area contributed by atoms with Crippen LogP contribution in [0.15, 0.2) is 28.9 Å². The van der Waals surface area contributed by atoms with Crippen molar-refractivity contribution in [3.63, 3.8) is 0 Å². The van der Waals surface area contributed by atoms with Gasteiger partial charge in [-0.2, -0.15) is 10.2 Å². The molecule has 0 unspecified atom stereocenters. The number of H-pyrrole nitrogens is 1. The highest BCUT2D eigenvalue weighted by Gasteiger charge is 2.11. The molecule has 0 bridgehead atoms. The normalized spacial score (nSPS) is 10.9. The van der Waals surface area contributed by atoms with Crippen molar-refractivity contribution in [1.29, 1.82) is 0 Å². The first kappa shape index (κ1) is 12.5. The van der Waals surface area contributed by atoms with Gasteiger partial charge in [0.2, 0.25) is 0 Å². The van der Waals surface area contributed by atoms with Crippen LogP contribution in [0.25, 0.3) is 11.5 Å². The Hall–Kier alpha value is -2.50. The Bertz CT molecular complexity index is 722. The zero-order valence-electron chi connectivity index (χ0n) is 11.8. The quantitative estimate of drug-likeness (QED) is 0.765. The number of aromatic nitrogens is 4. The van der Waals surface area contributed by atoms with Crippen molar-refractivity contribution in [2.45, 2.75) is 20.4 Å². The van der Waals surface area contributed by atoms with Crippen molar-refractivity contribution >= 4 is 5.69 Å². The Labute approximate surface area is 116 Å². The Kier molecular flexibility index (Phi) is 3.06. The number of nitrogens with one attached hydrogen (secondary N) is 2. The second-order valence-electron chi connectivity index (χ2n) is 4.84. The number of furan rings is 1. The largest absolute Gasteiger partial charge is 0.460 e. The molecule has 0 radical (unpaired) electrons. The number of hydrogen-bond donors (Lipinski definition) is 2. The number of anilines is 1. The number of rotatable bonds is 4. The van der Waals surface area contributed by atoms with Gasteiger partial charge < -0.3 is 9.73 Å². The van der Waals surface area contributed by atoms with E-state index in [1.54, 1.807) is 4.68 Å². The smallest absolute Gasteiger partial charge is 0.152 e. The van der Waals surface area contributed by atoms with E-state index >= 15 is 0 Å². The van der Waals surface area contributed by atoms with E-state index in [4.69, 9.17) is 4.42 Å². The highest BCUT2D eigenvalue weighted by Crippen LogP contribution is 2.24. The van der Waals surface area contributed by atoms with E-state index < -0.39 is 0 Å². The molecule has 20 heavy (non-hydrogen) atoms. The third kappa shape index (κ3) is 2.32. The summed E-state index contributed by atoms with van der Waals surface area (Å²) >= 11 is 0. The van der Waals surface area contributed by atoms with Gasteiger partial charge in [0.1, 0.15) is 11.5 Å². The van der Waals surface area contributed by atoms with Crippen molar-refractivity contribution in [3.05, 3.63) is 41.5 Å². The molecule has 0 spiro atoms. The van der Waals surface area contributed by atoms with Crippen LogP contribution < -0.4 is 5.32 Å². The van der Waals surface area contributed by atoms with Gasteiger partial charge in [0.05, 0.1) is 17.6 Å². The van der Waals surface area contributed by atoms with Gasteiger partial charge in [-0.05, 0) is 26.0 Å². The predicted molar refractivity (Wildman–Crippen MR) is 76.3 cm³/mol. The summed E-state index contributed by atoms with van der Waals surface area (Å²) in [4.78, 5) is 0. The van der Waals surface area contributed by atoms with Gasteiger partial charge in [0, 0.05) is 25.4 Å². The van der Waals surface area contributed by atoms with E-state index in [0.717, 1.165) is 34.2 Å². The summed E-state index contributed by atoms with van der Waals surface area (Å²) in [5.74, 6) is 1.69. The topological polar surface area (TPSA) is 71.7 Å². The fourth-order valence-corrected chi connectivity index (χ4v) is 2.19. The summed E-state index contributed by atoms with van der Waals surface area (Å²) in [5, 5.41) is 14.8. The molecular weight excluding hydrogens is 254 g/mol. The Balaban J connectivity index is 1.79. The fraction of sp³-hybridized carbons (Fsp3) is 0.286. The third-order valence-electron chi connectivity index (χ3n) is 3.19. The van der Waals surface area contributed by atoms with Crippen LogP contribution in [0, 0.1) is 13.8 Å².